The molecule has 23 heavy (non-hydrogen) atoms. The first kappa shape index (κ1) is 20.0. The Balaban J connectivity index is 1.95. The van der Waals surface area contributed by atoms with Crippen LogP contribution in [-0.4, -0.2) is 11.9 Å². The SMILES string of the molecule is N#CCc1ccccc1OCCCCCCCCCCCCBr. The van der Waals surface area contributed by atoms with Crippen LogP contribution in [0.25, 0.3) is 0 Å². The van der Waals surface area contributed by atoms with Gasteiger partial charge in [0, 0.05) is 10.9 Å². The van der Waals surface area contributed by atoms with Gasteiger partial charge in [-0.25, -0.2) is 0 Å². The van der Waals surface area contributed by atoms with Gasteiger partial charge in [0.2, 0.25) is 0 Å². The molecule has 0 amide bonds. The molecule has 0 fully saturated rings. The molecule has 0 bridgehead atoms. The normalized spacial score (nSPS) is 10.4. The van der Waals surface area contributed by atoms with Gasteiger partial charge in [-0.15, -0.1) is 0 Å². The molecule has 0 saturated heterocycles. The molecule has 0 aliphatic heterocycles. The highest BCUT2D eigenvalue weighted by atomic mass is 79.9. The number of nitriles is 1. The van der Waals surface area contributed by atoms with Gasteiger partial charge in [0.1, 0.15) is 5.75 Å². The summed E-state index contributed by atoms with van der Waals surface area (Å²) in [7, 11) is 0. The predicted octanol–water partition coefficient (Wildman–Crippen LogP) is 6.43. The van der Waals surface area contributed by atoms with Gasteiger partial charge in [-0.05, 0) is 18.9 Å². The van der Waals surface area contributed by atoms with Crippen LogP contribution in [0, 0.1) is 11.3 Å². The average Bonchev–Trinajstić information content (AvgIpc) is 2.57. The molecule has 0 aliphatic carbocycles. The van der Waals surface area contributed by atoms with Crippen molar-refractivity contribution in [2.75, 3.05) is 11.9 Å². The van der Waals surface area contributed by atoms with Crippen molar-refractivity contribution in [1.82, 2.24) is 0 Å². The quantitative estimate of drug-likeness (QED) is 0.275. The highest BCUT2D eigenvalue weighted by molar-refractivity contribution is 9.09. The molecule has 0 heterocycles. The molecule has 0 saturated carbocycles. The molecule has 0 radical (unpaired) electrons. The number of rotatable bonds is 14. The Kier molecular flexibility index (Phi) is 12.7. The van der Waals surface area contributed by atoms with Crippen molar-refractivity contribution in [3.05, 3.63) is 29.8 Å². The third kappa shape index (κ3) is 10.4. The molecule has 0 aliphatic rings. The summed E-state index contributed by atoms with van der Waals surface area (Å²) in [5, 5.41) is 9.96. The van der Waals surface area contributed by atoms with E-state index in [0.29, 0.717) is 6.42 Å². The second kappa shape index (κ2) is 14.6. The van der Waals surface area contributed by atoms with Gasteiger partial charge < -0.3 is 4.74 Å². The lowest BCUT2D eigenvalue weighted by Crippen LogP contribution is -2.00. The Bertz CT molecular complexity index is 442. The standard InChI is InChI=1S/C20H30BrNO/c21-16-11-7-5-3-1-2-4-6-8-12-18-23-20-14-10-9-13-19(20)15-17-22/h9-10,13-14H,1-8,11-12,15-16,18H2. The van der Waals surface area contributed by atoms with Crippen molar-refractivity contribution < 1.29 is 4.74 Å². The maximum Gasteiger partial charge on any atom is 0.123 e. The van der Waals surface area contributed by atoms with Gasteiger partial charge in [-0.1, -0.05) is 85.5 Å². The summed E-state index contributed by atoms with van der Waals surface area (Å²) in [4.78, 5) is 0. The van der Waals surface area contributed by atoms with Crippen molar-refractivity contribution in [2.24, 2.45) is 0 Å². The summed E-state index contributed by atoms with van der Waals surface area (Å²) in [6.07, 6.45) is 13.7. The van der Waals surface area contributed by atoms with E-state index in [-0.39, 0.29) is 0 Å². The molecule has 2 nitrogen and oxygen atoms in total. The van der Waals surface area contributed by atoms with E-state index in [2.05, 4.69) is 22.0 Å². The van der Waals surface area contributed by atoms with E-state index in [4.69, 9.17) is 10.00 Å². The van der Waals surface area contributed by atoms with Gasteiger partial charge in [0.25, 0.3) is 0 Å². The third-order valence-electron chi connectivity index (χ3n) is 4.03. The Hall–Kier alpha value is -1.01. The Morgan fingerprint density at radius 1 is 0.826 bits per heavy atom. The fraction of sp³-hybridized carbons (Fsp3) is 0.650. The lowest BCUT2D eigenvalue weighted by molar-refractivity contribution is 0.302. The highest BCUT2D eigenvalue weighted by Crippen LogP contribution is 2.19. The van der Waals surface area contributed by atoms with Gasteiger partial charge >= 0.3 is 0 Å². The summed E-state index contributed by atoms with van der Waals surface area (Å²) in [5.41, 5.74) is 0.995. The minimum Gasteiger partial charge on any atom is -0.493 e. The van der Waals surface area contributed by atoms with E-state index in [1.165, 1.54) is 57.8 Å². The maximum absolute atomic E-state index is 8.81. The topological polar surface area (TPSA) is 33.0 Å². The lowest BCUT2D eigenvalue weighted by atomic mass is 10.1. The van der Waals surface area contributed by atoms with E-state index < -0.39 is 0 Å². The zero-order valence-electron chi connectivity index (χ0n) is 14.2. The second-order valence-corrected chi connectivity index (χ2v) is 6.81. The Morgan fingerprint density at radius 2 is 1.39 bits per heavy atom. The molecule has 0 unspecified atom stereocenters. The van der Waals surface area contributed by atoms with Crippen LogP contribution in [0.4, 0.5) is 0 Å². The van der Waals surface area contributed by atoms with Crippen LogP contribution in [0.3, 0.4) is 0 Å². The van der Waals surface area contributed by atoms with Crippen LogP contribution < -0.4 is 4.74 Å². The number of nitrogens with zero attached hydrogens (tertiary/aromatic N) is 1. The fourth-order valence-corrected chi connectivity index (χ4v) is 3.07. The average molecular weight is 380 g/mol. The third-order valence-corrected chi connectivity index (χ3v) is 4.59. The second-order valence-electron chi connectivity index (χ2n) is 6.02. The van der Waals surface area contributed by atoms with Gasteiger partial charge in [0.15, 0.2) is 0 Å². The molecule has 128 valence electrons. The van der Waals surface area contributed by atoms with Crippen molar-refractivity contribution in [2.45, 2.75) is 70.6 Å². The summed E-state index contributed by atoms with van der Waals surface area (Å²) in [6, 6.07) is 10.0. The first-order valence-electron chi connectivity index (χ1n) is 9.02. The van der Waals surface area contributed by atoms with Crippen LogP contribution in [0.1, 0.15) is 69.8 Å². The number of alkyl halides is 1. The van der Waals surface area contributed by atoms with Crippen molar-refractivity contribution in [1.29, 1.82) is 5.26 Å². The zero-order chi connectivity index (χ0) is 16.6. The van der Waals surface area contributed by atoms with Crippen LogP contribution in [0.15, 0.2) is 24.3 Å². The smallest absolute Gasteiger partial charge is 0.123 e. The number of halogens is 1. The van der Waals surface area contributed by atoms with Crippen molar-refractivity contribution in [3.63, 3.8) is 0 Å². The predicted molar refractivity (Wildman–Crippen MR) is 101 cm³/mol. The molecule has 0 spiro atoms. The zero-order valence-corrected chi connectivity index (χ0v) is 15.8. The summed E-state index contributed by atoms with van der Waals surface area (Å²) >= 11 is 3.48. The van der Waals surface area contributed by atoms with Gasteiger partial charge in [0.05, 0.1) is 19.1 Å². The largest absolute Gasteiger partial charge is 0.493 e. The molecule has 0 atom stereocenters. The minimum atomic E-state index is 0.422. The van der Waals surface area contributed by atoms with Crippen LogP contribution >= 0.6 is 15.9 Å². The molecule has 1 rings (SSSR count). The van der Waals surface area contributed by atoms with E-state index in [1.54, 1.807) is 0 Å². The van der Waals surface area contributed by atoms with Crippen molar-refractivity contribution in [3.8, 4) is 11.8 Å². The Morgan fingerprint density at radius 3 is 2.00 bits per heavy atom. The molecule has 1 aromatic rings. The number of para-hydroxylation sites is 1. The molecule has 3 heteroatoms. The fourth-order valence-electron chi connectivity index (χ4n) is 2.67. The summed E-state index contributed by atoms with van der Waals surface area (Å²) in [6.45, 7) is 0.759. The lowest BCUT2D eigenvalue weighted by Gasteiger charge is -2.09. The molecule has 1 aromatic carbocycles. The molecular weight excluding hydrogens is 350 g/mol. The number of benzene rings is 1. The number of ether oxygens (including phenoxy) is 1. The molecule has 0 N–H and O–H groups in total. The molecule has 0 aromatic heterocycles. The van der Waals surface area contributed by atoms with Crippen LogP contribution in [-0.2, 0) is 6.42 Å². The van der Waals surface area contributed by atoms with Gasteiger partial charge in [-0.2, -0.15) is 5.26 Å². The first-order chi connectivity index (χ1) is 11.4. The summed E-state index contributed by atoms with van der Waals surface area (Å²) < 4.78 is 5.82. The Labute approximate surface area is 150 Å². The monoisotopic (exact) mass is 379 g/mol. The number of hydrogen-bond donors (Lipinski definition) is 0. The number of hydrogen-bond acceptors (Lipinski definition) is 2. The summed E-state index contributed by atoms with van der Waals surface area (Å²) in [5.74, 6) is 0.873. The van der Waals surface area contributed by atoms with Crippen molar-refractivity contribution >= 4 is 15.9 Å². The maximum atomic E-state index is 8.81. The van der Waals surface area contributed by atoms with E-state index in [0.717, 1.165) is 29.7 Å². The van der Waals surface area contributed by atoms with Crippen LogP contribution in [0.2, 0.25) is 0 Å². The first-order valence-corrected chi connectivity index (χ1v) is 10.1. The van der Waals surface area contributed by atoms with Gasteiger partial charge in [-0.3, -0.25) is 0 Å². The number of unbranched alkanes of at least 4 members (excludes halogenated alkanes) is 9. The highest BCUT2D eigenvalue weighted by Gasteiger charge is 2.01. The van der Waals surface area contributed by atoms with E-state index in [1.807, 2.05) is 24.3 Å². The van der Waals surface area contributed by atoms with Crippen LogP contribution in [0.5, 0.6) is 5.75 Å². The van der Waals surface area contributed by atoms with E-state index in [9.17, 15) is 0 Å². The van der Waals surface area contributed by atoms with E-state index >= 15 is 0 Å². The minimum absolute atomic E-state index is 0.422. The molecular formula is C20H30BrNO.